The molecule has 1 fully saturated rings. The molecule has 16 heavy (non-hydrogen) atoms. The minimum atomic E-state index is -0.996. The van der Waals surface area contributed by atoms with Crippen molar-refractivity contribution in [1.29, 1.82) is 0 Å². The minimum Gasteiger partial charge on any atom is -0.374 e. The maximum absolute atomic E-state index is 13.0. The first-order valence-corrected chi connectivity index (χ1v) is 4.98. The van der Waals surface area contributed by atoms with E-state index < -0.39 is 17.1 Å². The molecule has 2 rings (SSSR count). The Hall–Kier alpha value is -1.47. The molecule has 0 amide bonds. The molecule has 1 unspecified atom stereocenters. The molecule has 1 aromatic heterocycles. The summed E-state index contributed by atoms with van der Waals surface area (Å²) in [5, 5.41) is 3.09. The summed E-state index contributed by atoms with van der Waals surface area (Å²) in [6.45, 7) is 2.16. The van der Waals surface area contributed by atoms with Crippen LogP contribution < -0.4 is 16.6 Å². The Morgan fingerprint density at radius 2 is 2.38 bits per heavy atom. The largest absolute Gasteiger partial charge is 0.374 e. The molecule has 1 aromatic rings. The van der Waals surface area contributed by atoms with E-state index in [1.54, 1.807) is 0 Å². The number of aromatic nitrogens is 2. The third kappa shape index (κ3) is 2.37. The summed E-state index contributed by atoms with van der Waals surface area (Å²) in [5.41, 5.74) is -1.62. The fourth-order valence-electron chi connectivity index (χ4n) is 1.57. The molecule has 1 atom stereocenters. The number of halogens is 1. The van der Waals surface area contributed by atoms with Gasteiger partial charge in [-0.3, -0.25) is 14.3 Å². The summed E-state index contributed by atoms with van der Waals surface area (Å²) in [6.07, 6.45) is 0.718. The van der Waals surface area contributed by atoms with Gasteiger partial charge in [0.1, 0.15) is 0 Å². The van der Waals surface area contributed by atoms with Crippen molar-refractivity contribution in [2.24, 2.45) is 0 Å². The van der Waals surface area contributed by atoms with Gasteiger partial charge in [0, 0.05) is 13.1 Å². The van der Waals surface area contributed by atoms with Crippen LogP contribution in [0.25, 0.3) is 0 Å². The van der Waals surface area contributed by atoms with Crippen LogP contribution >= 0.6 is 0 Å². The van der Waals surface area contributed by atoms with E-state index in [0.29, 0.717) is 13.2 Å². The summed E-state index contributed by atoms with van der Waals surface area (Å²) in [4.78, 5) is 24.0. The zero-order chi connectivity index (χ0) is 11.5. The highest BCUT2D eigenvalue weighted by Crippen LogP contribution is 1.98. The monoisotopic (exact) mass is 229 g/mol. The second kappa shape index (κ2) is 4.58. The maximum Gasteiger partial charge on any atom is 0.328 e. The Kier molecular flexibility index (Phi) is 3.16. The lowest BCUT2D eigenvalue weighted by Gasteiger charge is -2.23. The van der Waals surface area contributed by atoms with Gasteiger partial charge in [0.05, 0.1) is 25.5 Å². The van der Waals surface area contributed by atoms with Crippen LogP contribution in [0, 0.1) is 5.82 Å². The van der Waals surface area contributed by atoms with E-state index >= 15 is 0 Å². The number of ether oxygens (including phenoxy) is 1. The first kappa shape index (κ1) is 11.0. The van der Waals surface area contributed by atoms with E-state index in [1.807, 2.05) is 4.98 Å². The number of hydrogen-bond donors (Lipinski definition) is 2. The molecule has 0 spiro atoms. The van der Waals surface area contributed by atoms with Gasteiger partial charge in [0.2, 0.25) is 5.82 Å². The van der Waals surface area contributed by atoms with Crippen molar-refractivity contribution >= 4 is 0 Å². The van der Waals surface area contributed by atoms with Gasteiger partial charge in [-0.2, -0.15) is 4.39 Å². The second-order valence-electron chi connectivity index (χ2n) is 3.59. The molecular formula is C9H12FN3O3. The van der Waals surface area contributed by atoms with Crippen molar-refractivity contribution in [1.82, 2.24) is 14.9 Å². The van der Waals surface area contributed by atoms with E-state index in [9.17, 15) is 14.0 Å². The molecule has 6 nitrogen and oxygen atoms in total. The van der Waals surface area contributed by atoms with E-state index in [1.165, 1.54) is 0 Å². The number of H-pyrrole nitrogens is 1. The van der Waals surface area contributed by atoms with Gasteiger partial charge in [-0.05, 0) is 0 Å². The summed E-state index contributed by atoms with van der Waals surface area (Å²) in [5.74, 6) is -0.969. The number of nitrogens with one attached hydrogen (secondary N) is 2. The smallest absolute Gasteiger partial charge is 0.328 e. The van der Waals surface area contributed by atoms with Gasteiger partial charge in [0.25, 0.3) is 5.56 Å². The third-order valence-corrected chi connectivity index (χ3v) is 2.37. The van der Waals surface area contributed by atoms with Gasteiger partial charge >= 0.3 is 5.69 Å². The van der Waals surface area contributed by atoms with Crippen molar-refractivity contribution in [2.45, 2.75) is 12.6 Å². The molecule has 0 aliphatic carbocycles. The molecule has 1 aliphatic rings. The molecule has 1 saturated heterocycles. The standard InChI is InChI=1S/C9H12FN3O3/c10-7-5-13(9(15)12-8(7)14)4-6-3-11-1-2-16-6/h5-6,11H,1-4H2,(H,12,14,15). The molecule has 0 bridgehead atoms. The lowest BCUT2D eigenvalue weighted by molar-refractivity contribution is 0.0172. The molecular weight excluding hydrogens is 217 g/mol. The fraction of sp³-hybridized carbons (Fsp3) is 0.556. The SMILES string of the molecule is O=c1[nH]c(=O)n(CC2CNCCO2)cc1F. The average Bonchev–Trinajstić information content (AvgIpc) is 2.27. The van der Waals surface area contributed by atoms with Crippen molar-refractivity contribution in [3.8, 4) is 0 Å². The van der Waals surface area contributed by atoms with Crippen LogP contribution in [-0.4, -0.2) is 35.4 Å². The molecule has 0 saturated carbocycles. The number of nitrogens with zero attached hydrogens (tertiary/aromatic N) is 1. The van der Waals surface area contributed by atoms with Crippen LogP contribution in [0.4, 0.5) is 4.39 Å². The van der Waals surface area contributed by atoms with Gasteiger partial charge in [0.15, 0.2) is 0 Å². The van der Waals surface area contributed by atoms with E-state index in [0.717, 1.165) is 17.3 Å². The number of hydrogen-bond acceptors (Lipinski definition) is 4. The highest BCUT2D eigenvalue weighted by molar-refractivity contribution is 4.88. The quantitative estimate of drug-likeness (QED) is 0.658. The van der Waals surface area contributed by atoms with Crippen LogP contribution in [0.5, 0.6) is 0 Å². The Balaban J connectivity index is 2.17. The topological polar surface area (TPSA) is 76.1 Å². The predicted molar refractivity (Wildman–Crippen MR) is 53.9 cm³/mol. The van der Waals surface area contributed by atoms with Crippen LogP contribution in [0.15, 0.2) is 15.8 Å². The van der Waals surface area contributed by atoms with Crippen LogP contribution in [0.2, 0.25) is 0 Å². The van der Waals surface area contributed by atoms with Crippen molar-refractivity contribution in [2.75, 3.05) is 19.7 Å². The predicted octanol–water partition coefficient (Wildman–Crippen LogP) is -1.34. The van der Waals surface area contributed by atoms with Crippen LogP contribution in [0.1, 0.15) is 0 Å². The zero-order valence-corrected chi connectivity index (χ0v) is 8.53. The normalized spacial score (nSPS) is 20.9. The fourth-order valence-corrected chi connectivity index (χ4v) is 1.57. The third-order valence-electron chi connectivity index (χ3n) is 2.37. The van der Waals surface area contributed by atoms with E-state index in [-0.39, 0.29) is 12.6 Å². The molecule has 7 heteroatoms. The lowest BCUT2D eigenvalue weighted by atomic mass is 10.3. The summed E-state index contributed by atoms with van der Waals surface area (Å²) < 4.78 is 19.4. The Morgan fingerprint density at radius 1 is 1.56 bits per heavy atom. The first-order chi connectivity index (χ1) is 7.66. The highest BCUT2D eigenvalue weighted by Gasteiger charge is 2.15. The van der Waals surface area contributed by atoms with Gasteiger partial charge in [-0.1, -0.05) is 0 Å². The summed E-state index contributed by atoms with van der Waals surface area (Å²) >= 11 is 0. The van der Waals surface area contributed by atoms with E-state index in [2.05, 4.69) is 5.32 Å². The van der Waals surface area contributed by atoms with Crippen molar-refractivity contribution < 1.29 is 9.13 Å². The second-order valence-corrected chi connectivity index (χ2v) is 3.59. The molecule has 0 radical (unpaired) electrons. The Labute approximate surface area is 90.1 Å². The van der Waals surface area contributed by atoms with E-state index in [4.69, 9.17) is 4.74 Å². The Morgan fingerprint density at radius 3 is 3.06 bits per heavy atom. The molecule has 0 aromatic carbocycles. The molecule has 1 aliphatic heterocycles. The summed E-state index contributed by atoms with van der Waals surface area (Å²) in [6, 6.07) is 0. The first-order valence-electron chi connectivity index (χ1n) is 4.98. The Bertz CT molecular complexity index is 476. The average molecular weight is 229 g/mol. The van der Waals surface area contributed by atoms with Crippen molar-refractivity contribution in [3.05, 3.63) is 32.9 Å². The minimum absolute atomic E-state index is 0.184. The zero-order valence-electron chi connectivity index (χ0n) is 8.53. The van der Waals surface area contributed by atoms with Gasteiger partial charge < -0.3 is 10.1 Å². The molecule has 88 valence electrons. The van der Waals surface area contributed by atoms with Crippen LogP contribution in [0.3, 0.4) is 0 Å². The highest BCUT2D eigenvalue weighted by atomic mass is 19.1. The van der Waals surface area contributed by atoms with Crippen LogP contribution in [-0.2, 0) is 11.3 Å². The van der Waals surface area contributed by atoms with Crippen molar-refractivity contribution in [3.63, 3.8) is 0 Å². The lowest BCUT2D eigenvalue weighted by Crippen LogP contribution is -2.43. The van der Waals surface area contributed by atoms with Gasteiger partial charge in [-0.25, -0.2) is 4.79 Å². The summed E-state index contributed by atoms with van der Waals surface area (Å²) in [7, 11) is 0. The number of rotatable bonds is 2. The van der Waals surface area contributed by atoms with Gasteiger partial charge in [-0.15, -0.1) is 0 Å². The maximum atomic E-state index is 13.0. The number of aromatic amines is 1. The molecule has 2 N–H and O–H groups in total. The molecule has 2 heterocycles. The number of morpholine rings is 1.